The molecular formula is C24H28FN5O2S. The number of amides is 1. The molecule has 1 saturated carbocycles. The lowest BCUT2D eigenvalue weighted by molar-refractivity contribution is -0.113. The van der Waals surface area contributed by atoms with E-state index in [0.717, 1.165) is 35.3 Å². The van der Waals surface area contributed by atoms with E-state index in [1.165, 1.54) is 43.2 Å². The Labute approximate surface area is 197 Å². The maximum absolute atomic E-state index is 13.1. The minimum Gasteiger partial charge on any atom is -0.497 e. The molecule has 0 atom stereocenters. The number of hydrogen-bond acceptors (Lipinski definition) is 6. The van der Waals surface area contributed by atoms with Gasteiger partial charge in [-0.25, -0.2) is 4.39 Å². The standard InChI is InChI=1S/C24H28FN5O2S/c1-32-21-9-5-6-19(14-21)26-15-22-28-29-24(30(22)20-7-3-2-4-8-20)33-16-23(31)27-18-12-10-17(25)11-13-18/h5-6,9-14,20,26H,2-4,7-8,15-16H2,1H3,(H,27,31). The Morgan fingerprint density at radius 1 is 1.12 bits per heavy atom. The third kappa shape index (κ3) is 6.25. The zero-order valence-electron chi connectivity index (χ0n) is 18.6. The summed E-state index contributed by atoms with van der Waals surface area (Å²) >= 11 is 1.38. The van der Waals surface area contributed by atoms with E-state index < -0.39 is 0 Å². The molecule has 33 heavy (non-hydrogen) atoms. The average Bonchev–Trinajstić information content (AvgIpc) is 3.26. The normalized spacial score (nSPS) is 14.1. The van der Waals surface area contributed by atoms with Crippen molar-refractivity contribution >= 4 is 29.0 Å². The number of halogens is 1. The first-order valence-corrected chi connectivity index (χ1v) is 12.1. The predicted molar refractivity (Wildman–Crippen MR) is 128 cm³/mol. The molecule has 1 aliphatic carbocycles. The number of aromatic nitrogens is 3. The van der Waals surface area contributed by atoms with Crippen LogP contribution in [-0.2, 0) is 11.3 Å². The Kier molecular flexibility index (Phi) is 7.83. The van der Waals surface area contributed by atoms with Crippen LogP contribution in [0.5, 0.6) is 5.75 Å². The summed E-state index contributed by atoms with van der Waals surface area (Å²) in [6.07, 6.45) is 5.78. The van der Waals surface area contributed by atoms with Crippen LogP contribution in [0, 0.1) is 5.82 Å². The van der Waals surface area contributed by atoms with Gasteiger partial charge in [0.1, 0.15) is 11.6 Å². The molecule has 1 amide bonds. The van der Waals surface area contributed by atoms with Crippen LogP contribution in [0.15, 0.2) is 53.7 Å². The molecule has 7 nitrogen and oxygen atoms in total. The number of ether oxygens (including phenoxy) is 1. The summed E-state index contributed by atoms with van der Waals surface area (Å²) in [7, 11) is 1.65. The maximum atomic E-state index is 13.1. The van der Waals surface area contributed by atoms with Gasteiger partial charge in [-0.2, -0.15) is 0 Å². The van der Waals surface area contributed by atoms with Crippen LogP contribution in [0.2, 0.25) is 0 Å². The van der Waals surface area contributed by atoms with Gasteiger partial charge in [0.05, 0.1) is 19.4 Å². The van der Waals surface area contributed by atoms with E-state index in [1.807, 2.05) is 24.3 Å². The molecule has 174 valence electrons. The van der Waals surface area contributed by atoms with Crippen LogP contribution >= 0.6 is 11.8 Å². The molecule has 0 unspecified atom stereocenters. The lowest BCUT2D eigenvalue weighted by atomic mass is 9.95. The molecule has 0 bridgehead atoms. The molecule has 1 heterocycles. The number of nitrogens with one attached hydrogen (secondary N) is 2. The highest BCUT2D eigenvalue weighted by atomic mass is 32.2. The monoisotopic (exact) mass is 469 g/mol. The quantitative estimate of drug-likeness (QED) is 0.415. The van der Waals surface area contributed by atoms with Gasteiger partial charge in [0.25, 0.3) is 0 Å². The number of anilines is 2. The van der Waals surface area contributed by atoms with Gasteiger partial charge < -0.3 is 19.9 Å². The third-order valence-corrected chi connectivity index (χ3v) is 6.60. The molecule has 1 fully saturated rings. The van der Waals surface area contributed by atoms with Crippen LogP contribution in [0.25, 0.3) is 0 Å². The number of carbonyl (C=O) groups is 1. The van der Waals surface area contributed by atoms with Gasteiger partial charge in [-0.05, 0) is 49.2 Å². The minimum absolute atomic E-state index is 0.166. The van der Waals surface area contributed by atoms with Crippen LogP contribution in [0.3, 0.4) is 0 Å². The Bertz CT molecular complexity index is 1070. The topological polar surface area (TPSA) is 81.1 Å². The van der Waals surface area contributed by atoms with Crippen molar-refractivity contribution in [2.75, 3.05) is 23.5 Å². The summed E-state index contributed by atoms with van der Waals surface area (Å²) in [4.78, 5) is 12.4. The lowest BCUT2D eigenvalue weighted by Gasteiger charge is -2.25. The number of methoxy groups -OCH3 is 1. The van der Waals surface area contributed by atoms with Crippen molar-refractivity contribution in [1.29, 1.82) is 0 Å². The second kappa shape index (κ2) is 11.2. The van der Waals surface area contributed by atoms with Crippen molar-refractivity contribution in [3.63, 3.8) is 0 Å². The first-order valence-electron chi connectivity index (χ1n) is 11.1. The van der Waals surface area contributed by atoms with Crippen molar-refractivity contribution in [2.24, 2.45) is 0 Å². The molecule has 1 aromatic heterocycles. The average molecular weight is 470 g/mol. The number of rotatable bonds is 9. The van der Waals surface area contributed by atoms with Crippen LogP contribution in [-0.4, -0.2) is 33.5 Å². The van der Waals surface area contributed by atoms with Gasteiger partial charge in [0.2, 0.25) is 5.91 Å². The number of nitrogens with zero attached hydrogens (tertiary/aromatic N) is 3. The molecule has 0 spiro atoms. The predicted octanol–water partition coefficient (Wildman–Crippen LogP) is 5.27. The molecule has 2 N–H and O–H groups in total. The molecule has 2 aromatic carbocycles. The summed E-state index contributed by atoms with van der Waals surface area (Å²) in [5, 5.41) is 15.8. The second-order valence-electron chi connectivity index (χ2n) is 7.99. The summed E-state index contributed by atoms with van der Waals surface area (Å²) in [5.74, 6) is 1.34. The number of carbonyl (C=O) groups excluding carboxylic acids is 1. The zero-order valence-corrected chi connectivity index (χ0v) is 19.4. The Hall–Kier alpha value is -3.07. The zero-order chi connectivity index (χ0) is 23.0. The van der Waals surface area contributed by atoms with Gasteiger partial charge >= 0.3 is 0 Å². The van der Waals surface area contributed by atoms with E-state index in [2.05, 4.69) is 25.4 Å². The summed E-state index contributed by atoms with van der Waals surface area (Å²) in [5.41, 5.74) is 1.51. The van der Waals surface area contributed by atoms with E-state index in [-0.39, 0.29) is 17.5 Å². The lowest BCUT2D eigenvalue weighted by Crippen LogP contribution is -2.19. The largest absolute Gasteiger partial charge is 0.497 e. The molecule has 4 rings (SSSR count). The van der Waals surface area contributed by atoms with E-state index in [4.69, 9.17) is 4.74 Å². The molecule has 3 aromatic rings. The molecular weight excluding hydrogens is 441 g/mol. The van der Waals surface area contributed by atoms with Crippen LogP contribution in [0.1, 0.15) is 44.0 Å². The smallest absolute Gasteiger partial charge is 0.234 e. The van der Waals surface area contributed by atoms with Crippen molar-refractivity contribution < 1.29 is 13.9 Å². The molecule has 0 saturated heterocycles. The first-order chi connectivity index (χ1) is 16.1. The fraction of sp³-hybridized carbons (Fsp3) is 0.375. The van der Waals surface area contributed by atoms with Crippen molar-refractivity contribution in [3.8, 4) is 5.75 Å². The molecule has 0 aliphatic heterocycles. The number of thioether (sulfide) groups is 1. The van der Waals surface area contributed by atoms with E-state index in [1.54, 1.807) is 19.2 Å². The minimum atomic E-state index is -0.335. The van der Waals surface area contributed by atoms with E-state index >= 15 is 0 Å². The van der Waals surface area contributed by atoms with Gasteiger partial charge in [-0.15, -0.1) is 10.2 Å². The molecule has 1 aliphatic rings. The summed E-state index contributed by atoms with van der Waals surface area (Å²) < 4.78 is 20.6. The SMILES string of the molecule is COc1cccc(NCc2nnc(SCC(=O)Nc3ccc(F)cc3)n2C2CCCCC2)c1. The Balaban J connectivity index is 1.44. The first kappa shape index (κ1) is 23.1. The van der Waals surface area contributed by atoms with E-state index in [9.17, 15) is 9.18 Å². The number of benzene rings is 2. The van der Waals surface area contributed by atoms with Crippen LogP contribution < -0.4 is 15.4 Å². The summed E-state index contributed by atoms with van der Waals surface area (Å²) in [6, 6.07) is 13.8. The van der Waals surface area contributed by atoms with E-state index in [0.29, 0.717) is 18.3 Å². The second-order valence-corrected chi connectivity index (χ2v) is 8.93. The molecule has 0 radical (unpaired) electrons. The Morgan fingerprint density at radius 2 is 1.91 bits per heavy atom. The summed E-state index contributed by atoms with van der Waals surface area (Å²) in [6.45, 7) is 0.527. The Morgan fingerprint density at radius 3 is 2.67 bits per heavy atom. The van der Waals surface area contributed by atoms with Gasteiger partial charge in [-0.3, -0.25) is 4.79 Å². The van der Waals surface area contributed by atoms with Crippen molar-refractivity contribution in [1.82, 2.24) is 14.8 Å². The van der Waals surface area contributed by atoms with Gasteiger partial charge in [-0.1, -0.05) is 37.1 Å². The fourth-order valence-electron chi connectivity index (χ4n) is 4.01. The third-order valence-electron chi connectivity index (χ3n) is 5.66. The van der Waals surface area contributed by atoms with Crippen molar-refractivity contribution in [3.05, 3.63) is 60.2 Å². The highest BCUT2D eigenvalue weighted by Gasteiger charge is 2.23. The maximum Gasteiger partial charge on any atom is 0.234 e. The highest BCUT2D eigenvalue weighted by Crippen LogP contribution is 2.33. The fourth-order valence-corrected chi connectivity index (χ4v) is 4.83. The highest BCUT2D eigenvalue weighted by molar-refractivity contribution is 7.99. The van der Waals surface area contributed by atoms with Gasteiger partial charge in [0, 0.05) is 23.5 Å². The molecule has 9 heteroatoms. The van der Waals surface area contributed by atoms with Crippen LogP contribution in [0.4, 0.5) is 15.8 Å². The van der Waals surface area contributed by atoms with Crippen molar-refractivity contribution in [2.45, 2.75) is 49.8 Å². The van der Waals surface area contributed by atoms with Gasteiger partial charge in [0.15, 0.2) is 11.0 Å². The number of hydrogen-bond donors (Lipinski definition) is 2.